The van der Waals surface area contributed by atoms with Crippen LogP contribution in [0.5, 0.6) is 0 Å². The molecule has 1 heterocycles. The van der Waals surface area contributed by atoms with Gasteiger partial charge in [0.15, 0.2) is 5.82 Å². The smallest absolute Gasteiger partial charge is 0.161 e. The molecule has 0 unspecified atom stereocenters. The van der Waals surface area contributed by atoms with E-state index in [4.69, 9.17) is 23.2 Å². The Labute approximate surface area is 131 Å². The fourth-order valence-corrected chi connectivity index (χ4v) is 2.45. The molecule has 1 aromatic carbocycles. The van der Waals surface area contributed by atoms with Gasteiger partial charge in [-0.15, -0.1) is 0 Å². The van der Waals surface area contributed by atoms with Gasteiger partial charge in [0.2, 0.25) is 0 Å². The quantitative estimate of drug-likeness (QED) is 0.684. The summed E-state index contributed by atoms with van der Waals surface area (Å²) < 4.78 is 0.820. The third kappa shape index (κ3) is 3.91. The molecule has 0 N–H and O–H groups in total. The molecule has 0 saturated heterocycles. The fraction of sp³-hybridized carbons (Fsp3) is 0.286. The first-order valence-electron chi connectivity index (χ1n) is 5.94. The van der Waals surface area contributed by atoms with Crippen LogP contribution < -0.4 is 0 Å². The van der Waals surface area contributed by atoms with Crippen LogP contribution in [0.3, 0.4) is 0 Å². The van der Waals surface area contributed by atoms with Crippen LogP contribution in [0.2, 0.25) is 10.2 Å². The average Bonchev–Trinajstić information content (AvgIpc) is 2.31. The molecular formula is C14H13BrCl2N2. The van der Waals surface area contributed by atoms with Gasteiger partial charge in [0.25, 0.3) is 0 Å². The minimum atomic E-state index is 0.465. The molecule has 2 rings (SSSR count). The van der Waals surface area contributed by atoms with Crippen molar-refractivity contribution in [2.75, 3.05) is 0 Å². The zero-order valence-electron chi connectivity index (χ0n) is 10.6. The minimum Gasteiger partial charge on any atom is -0.233 e. The van der Waals surface area contributed by atoms with Crippen LogP contribution in [-0.4, -0.2) is 9.97 Å². The molecule has 2 nitrogen and oxygen atoms in total. The van der Waals surface area contributed by atoms with E-state index in [9.17, 15) is 0 Å². The Hall–Kier alpha value is -0.640. The van der Waals surface area contributed by atoms with Gasteiger partial charge < -0.3 is 0 Å². The summed E-state index contributed by atoms with van der Waals surface area (Å²) >= 11 is 15.5. The summed E-state index contributed by atoms with van der Waals surface area (Å²) in [7, 11) is 0. The largest absolute Gasteiger partial charge is 0.233 e. The number of halogens is 3. The van der Waals surface area contributed by atoms with E-state index < -0.39 is 0 Å². The topological polar surface area (TPSA) is 25.8 Å². The molecule has 0 saturated carbocycles. The lowest BCUT2D eigenvalue weighted by Crippen LogP contribution is -2.00. The van der Waals surface area contributed by atoms with Crippen molar-refractivity contribution < 1.29 is 0 Å². The normalized spacial score (nSPS) is 11.1. The molecule has 0 spiro atoms. The van der Waals surface area contributed by atoms with Gasteiger partial charge in [-0.25, -0.2) is 9.97 Å². The Balaban J connectivity index is 2.43. The molecule has 0 atom stereocenters. The minimum absolute atomic E-state index is 0.465. The molecule has 0 aliphatic heterocycles. The van der Waals surface area contributed by atoms with Gasteiger partial charge in [0.05, 0.1) is 5.02 Å². The Morgan fingerprint density at radius 3 is 2.53 bits per heavy atom. The van der Waals surface area contributed by atoms with Crippen molar-refractivity contribution in [3.63, 3.8) is 0 Å². The Kier molecular flexibility index (Phi) is 4.82. The summed E-state index contributed by atoms with van der Waals surface area (Å²) in [5.41, 5.74) is 1.85. The van der Waals surface area contributed by atoms with Crippen molar-refractivity contribution in [3.8, 4) is 11.4 Å². The highest BCUT2D eigenvalue weighted by Gasteiger charge is 2.09. The van der Waals surface area contributed by atoms with E-state index in [1.807, 2.05) is 24.3 Å². The lowest BCUT2D eigenvalue weighted by Gasteiger charge is -2.08. The highest BCUT2D eigenvalue weighted by Crippen LogP contribution is 2.28. The van der Waals surface area contributed by atoms with Crippen LogP contribution in [0.4, 0.5) is 0 Å². The van der Waals surface area contributed by atoms with Crippen LogP contribution in [0.25, 0.3) is 11.4 Å². The van der Waals surface area contributed by atoms with E-state index in [1.165, 1.54) is 0 Å². The number of hydrogen-bond acceptors (Lipinski definition) is 2. The zero-order valence-corrected chi connectivity index (χ0v) is 13.7. The monoisotopic (exact) mass is 358 g/mol. The number of benzene rings is 1. The maximum absolute atomic E-state index is 6.07. The standard InChI is InChI=1S/C14H13BrCl2N2/c1-8(2)5-10-7-13(17)19-14(18-10)9-3-4-12(16)11(15)6-9/h3-4,6-8H,5H2,1-2H3. The van der Waals surface area contributed by atoms with Crippen molar-refractivity contribution in [1.82, 2.24) is 9.97 Å². The summed E-state index contributed by atoms with van der Waals surface area (Å²) in [6.07, 6.45) is 0.879. The molecule has 0 aliphatic rings. The Morgan fingerprint density at radius 2 is 1.89 bits per heavy atom. The third-order valence-corrected chi connectivity index (χ3v) is 3.95. The summed E-state index contributed by atoms with van der Waals surface area (Å²) in [4.78, 5) is 8.83. The first-order chi connectivity index (χ1) is 8.95. The summed E-state index contributed by atoms with van der Waals surface area (Å²) in [6.45, 7) is 4.29. The van der Waals surface area contributed by atoms with E-state index in [0.29, 0.717) is 21.9 Å². The molecule has 5 heteroatoms. The van der Waals surface area contributed by atoms with Crippen LogP contribution in [0.1, 0.15) is 19.5 Å². The first-order valence-corrected chi connectivity index (χ1v) is 7.49. The average molecular weight is 360 g/mol. The highest BCUT2D eigenvalue weighted by atomic mass is 79.9. The third-order valence-electron chi connectivity index (χ3n) is 2.54. The van der Waals surface area contributed by atoms with Crippen molar-refractivity contribution >= 4 is 39.1 Å². The van der Waals surface area contributed by atoms with Gasteiger partial charge in [-0.2, -0.15) is 0 Å². The lowest BCUT2D eigenvalue weighted by atomic mass is 10.1. The number of hydrogen-bond donors (Lipinski definition) is 0. The van der Waals surface area contributed by atoms with Gasteiger partial charge in [-0.3, -0.25) is 0 Å². The molecule has 0 bridgehead atoms. The van der Waals surface area contributed by atoms with Gasteiger partial charge in [-0.05, 0) is 52.5 Å². The van der Waals surface area contributed by atoms with E-state index in [-0.39, 0.29) is 0 Å². The molecule has 1 aromatic heterocycles. The number of rotatable bonds is 3. The second-order valence-corrected chi connectivity index (χ2v) is 6.38. The van der Waals surface area contributed by atoms with Crippen molar-refractivity contribution in [1.29, 1.82) is 0 Å². The van der Waals surface area contributed by atoms with Crippen LogP contribution >= 0.6 is 39.1 Å². The van der Waals surface area contributed by atoms with Gasteiger partial charge in [0.1, 0.15) is 5.15 Å². The maximum atomic E-state index is 6.07. The molecule has 0 radical (unpaired) electrons. The predicted octanol–water partition coefficient (Wildman–Crippen LogP) is 5.41. The number of aromatic nitrogens is 2. The lowest BCUT2D eigenvalue weighted by molar-refractivity contribution is 0.634. The highest BCUT2D eigenvalue weighted by molar-refractivity contribution is 9.10. The molecular weight excluding hydrogens is 347 g/mol. The molecule has 2 aromatic rings. The Morgan fingerprint density at radius 1 is 1.16 bits per heavy atom. The van der Waals surface area contributed by atoms with Crippen molar-refractivity contribution in [2.45, 2.75) is 20.3 Å². The van der Waals surface area contributed by atoms with Gasteiger partial charge in [0, 0.05) is 15.7 Å². The van der Waals surface area contributed by atoms with Crippen molar-refractivity contribution in [3.05, 3.63) is 44.6 Å². The maximum Gasteiger partial charge on any atom is 0.161 e. The summed E-state index contributed by atoms with van der Waals surface area (Å²) in [5.74, 6) is 1.15. The SMILES string of the molecule is CC(C)Cc1cc(Cl)nc(-c2ccc(Cl)c(Br)c2)n1. The Bertz CT molecular complexity index is 600. The van der Waals surface area contributed by atoms with Crippen LogP contribution in [-0.2, 0) is 6.42 Å². The van der Waals surface area contributed by atoms with E-state index >= 15 is 0 Å². The molecule has 100 valence electrons. The summed E-state index contributed by atoms with van der Waals surface area (Å²) in [5, 5.41) is 1.12. The van der Waals surface area contributed by atoms with Crippen LogP contribution in [0, 0.1) is 5.92 Å². The van der Waals surface area contributed by atoms with Gasteiger partial charge in [-0.1, -0.05) is 37.0 Å². The van der Waals surface area contributed by atoms with Crippen LogP contribution in [0.15, 0.2) is 28.7 Å². The predicted molar refractivity (Wildman–Crippen MR) is 83.7 cm³/mol. The molecule has 0 fully saturated rings. The zero-order chi connectivity index (χ0) is 14.0. The molecule has 19 heavy (non-hydrogen) atoms. The molecule has 0 amide bonds. The van der Waals surface area contributed by atoms with Crippen molar-refractivity contribution in [2.24, 2.45) is 5.92 Å². The van der Waals surface area contributed by atoms with Gasteiger partial charge >= 0.3 is 0 Å². The van der Waals surface area contributed by atoms with E-state index in [1.54, 1.807) is 0 Å². The number of nitrogens with zero attached hydrogens (tertiary/aromatic N) is 2. The summed E-state index contributed by atoms with van der Waals surface area (Å²) in [6, 6.07) is 7.41. The van der Waals surface area contributed by atoms with E-state index in [0.717, 1.165) is 22.2 Å². The fourth-order valence-electron chi connectivity index (χ4n) is 1.75. The second kappa shape index (κ2) is 6.21. The second-order valence-electron chi connectivity index (χ2n) is 4.73. The molecule has 0 aliphatic carbocycles. The first kappa shape index (κ1) is 14.8. The van der Waals surface area contributed by atoms with E-state index in [2.05, 4.69) is 39.7 Å².